The van der Waals surface area contributed by atoms with Crippen molar-refractivity contribution >= 4 is 5.78 Å². The molecule has 4 aliphatic carbocycles. The van der Waals surface area contributed by atoms with Gasteiger partial charge >= 0.3 is 0 Å². The van der Waals surface area contributed by atoms with Crippen LogP contribution in [0, 0.1) is 52.3 Å². The zero-order chi connectivity index (χ0) is 25.0. The van der Waals surface area contributed by atoms with Crippen LogP contribution in [0.3, 0.4) is 0 Å². The maximum absolute atomic E-state index is 12.4. The predicted octanol–water partition coefficient (Wildman–Crippen LogP) is 6.03. The Morgan fingerprint density at radius 2 is 1.69 bits per heavy atom. The Bertz CT molecular complexity index is 1050. The molecule has 190 valence electrons. The molecule has 0 aliphatic heterocycles. The Morgan fingerprint density at radius 1 is 0.943 bits per heavy atom. The first-order valence-corrected chi connectivity index (χ1v) is 13.6. The van der Waals surface area contributed by atoms with Crippen LogP contribution in [0.1, 0.15) is 84.1 Å². The minimum Gasteiger partial charge on any atom is -0.493 e. The van der Waals surface area contributed by atoms with Gasteiger partial charge in [-0.15, -0.1) is 0 Å². The highest BCUT2D eigenvalue weighted by molar-refractivity contribution is 5.79. The van der Waals surface area contributed by atoms with E-state index in [4.69, 9.17) is 9.47 Å². The molecule has 4 saturated carbocycles. The van der Waals surface area contributed by atoms with E-state index in [-0.39, 0.29) is 16.7 Å². The number of methoxy groups -OCH3 is 2. The van der Waals surface area contributed by atoms with Crippen molar-refractivity contribution < 1.29 is 19.4 Å². The Hall–Kier alpha value is -1.99. The molecule has 0 radical (unpaired) electrons. The smallest absolute Gasteiger partial charge is 0.161 e. The van der Waals surface area contributed by atoms with Gasteiger partial charge in [0.2, 0.25) is 0 Å². The van der Waals surface area contributed by atoms with Crippen LogP contribution in [-0.2, 0) is 4.79 Å². The molecular formula is C31H42O4. The summed E-state index contributed by atoms with van der Waals surface area (Å²) in [4.78, 5) is 12.4. The van der Waals surface area contributed by atoms with Gasteiger partial charge in [0.25, 0.3) is 0 Å². The van der Waals surface area contributed by atoms with Gasteiger partial charge in [-0.3, -0.25) is 4.79 Å². The Morgan fingerprint density at radius 3 is 2.40 bits per heavy atom. The van der Waals surface area contributed by atoms with Gasteiger partial charge in [-0.25, -0.2) is 0 Å². The molecule has 2 unspecified atom stereocenters. The fourth-order valence-corrected chi connectivity index (χ4v) is 9.13. The van der Waals surface area contributed by atoms with E-state index in [9.17, 15) is 9.90 Å². The number of ketones is 1. The maximum atomic E-state index is 12.4. The largest absolute Gasteiger partial charge is 0.493 e. The minimum atomic E-state index is -0.930. The molecule has 0 amide bonds. The normalized spacial score (nSPS) is 42.1. The van der Waals surface area contributed by atoms with Crippen molar-refractivity contribution in [2.75, 3.05) is 14.2 Å². The summed E-state index contributed by atoms with van der Waals surface area (Å²) in [6.45, 7) is 6.74. The fraction of sp³-hybridized carbons (Fsp3) is 0.710. The molecule has 4 fully saturated rings. The van der Waals surface area contributed by atoms with E-state index in [1.54, 1.807) is 14.2 Å². The molecule has 1 aromatic rings. The summed E-state index contributed by atoms with van der Waals surface area (Å²) < 4.78 is 10.7. The molecule has 1 N–H and O–H groups in total. The lowest BCUT2D eigenvalue weighted by molar-refractivity contribution is -0.144. The van der Waals surface area contributed by atoms with Crippen LogP contribution in [0.4, 0.5) is 0 Å². The second-order valence-corrected chi connectivity index (χ2v) is 12.5. The molecule has 0 spiro atoms. The summed E-state index contributed by atoms with van der Waals surface area (Å²) in [5.41, 5.74) is 0.383. The number of carbonyl (C=O) groups excluding carboxylic acids is 1. The van der Waals surface area contributed by atoms with Crippen LogP contribution >= 0.6 is 0 Å². The van der Waals surface area contributed by atoms with Gasteiger partial charge < -0.3 is 14.6 Å². The van der Waals surface area contributed by atoms with E-state index in [0.717, 1.165) is 37.2 Å². The number of Topliss-reactive ketones (excluding diaryl/α,β-unsaturated/α-hetero) is 1. The first kappa shape index (κ1) is 24.7. The molecular weight excluding hydrogens is 436 g/mol. The van der Waals surface area contributed by atoms with Crippen LogP contribution in [0.2, 0.25) is 0 Å². The van der Waals surface area contributed by atoms with E-state index >= 15 is 0 Å². The minimum absolute atomic E-state index is 0.205. The number of hydrogen-bond acceptors (Lipinski definition) is 4. The zero-order valence-electron chi connectivity index (χ0n) is 22.2. The maximum Gasteiger partial charge on any atom is 0.161 e. The van der Waals surface area contributed by atoms with E-state index in [2.05, 4.69) is 25.7 Å². The number of rotatable bonds is 3. The standard InChI is InChI=1S/C31H42O4/c1-20(32)24-9-10-25-23-8-7-22-19-31(33,15-12-21-6-11-27(34-4)28(18-21)35-5)17-16-29(22,2)26(23)13-14-30(24,25)3/h6,11,18,22-26,33H,7-10,13-14,16-17,19H2,1-5H3/t22?,23-,24+,25-,26-,29-,30+,31?/m0/s1. The van der Waals surface area contributed by atoms with Crippen LogP contribution < -0.4 is 9.47 Å². The average molecular weight is 479 g/mol. The lowest BCUT2D eigenvalue weighted by Gasteiger charge is -2.61. The van der Waals surface area contributed by atoms with Crippen molar-refractivity contribution in [1.82, 2.24) is 0 Å². The number of carbonyl (C=O) groups is 1. The number of benzene rings is 1. The topological polar surface area (TPSA) is 55.8 Å². The third-order valence-electron chi connectivity index (χ3n) is 11.0. The Labute approximate surface area is 211 Å². The summed E-state index contributed by atoms with van der Waals surface area (Å²) in [6.07, 6.45) is 9.71. The molecule has 4 heteroatoms. The van der Waals surface area contributed by atoms with Gasteiger partial charge in [0, 0.05) is 11.5 Å². The van der Waals surface area contributed by atoms with Crippen molar-refractivity contribution in [3.8, 4) is 23.3 Å². The van der Waals surface area contributed by atoms with E-state index in [0.29, 0.717) is 35.0 Å². The summed E-state index contributed by atoms with van der Waals surface area (Å²) in [5.74, 6) is 11.2. The zero-order valence-corrected chi connectivity index (χ0v) is 22.2. The molecule has 1 aromatic carbocycles. The summed E-state index contributed by atoms with van der Waals surface area (Å²) in [7, 11) is 3.25. The number of aliphatic hydroxyl groups is 1. The molecule has 0 bridgehead atoms. The van der Waals surface area contributed by atoms with Crippen molar-refractivity contribution in [2.45, 2.75) is 84.2 Å². The van der Waals surface area contributed by atoms with Crippen LogP contribution in [0.25, 0.3) is 0 Å². The van der Waals surface area contributed by atoms with Gasteiger partial charge in [0.05, 0.1) is 14.2 Å². The van der Waals surface area contributed by atoms with Gasteiger partial charge in [0.1, 0.15) is 11.4 Å². The van der Waals surface area contributed by atoms with Crippen molar-refractivity contribution in [2.24, 2.45) is 40.4 Å². The summed E-state index contributed by atoms with van der Waals surface area (Å²) in [5, 5.41) is 11.5. The van der Waals surface area contributed by atoms with Gasteiger partial charge in [-0.2, -0.15) is 0 Å². The lowest BCUT2D eigenvalue weighted by atomic mass is 9.44. The first-order valence-electron chi connectivity index (χ1n) is 13.6. The molecule has 4 nitrogen and oxygen atoms in total. The van der Waals surface area contributed by atoms with Gasteiger partial charge in [0.15, 0.2) is 11.5 Å². The highest BCUT2D eigenvalue weighted by Crippen LogP contribution is 2.68. The third kappa shape index (κ3) is 3.99. The van der Waals surface area contributed by atoms with Crippen LogP contribution in [-0.4, -0.2) is 30.7 Å². The highest BCUT2D eigenvalue weighted by atomic mass is 16.5. The lowest BCUT2D eigenvalue weighted by Crippen LogP contribution is -2.56. The second-order valence-electron chi connectivity index (χ2n) is 12.5. The van der Waals surface area contributed by atoms with Crippen LogP contribution in [0.15, 0.2) is 18.2 Å². The van der Waals surface area contributed by atoms with Gasteiger partial charge in [-0.1, -0.05) is 25.7 Å². The highest BCUT2D eigenvalue weighted by Gasteiger charge is 2.61. The third-order valence-corrected chi connectivity index (χ3v) is 11.0. The Balaban J connectivity index is 1.33. The summed E-state index contributed by atoms with van der Waals surface area (Å²) >= 11 is 0. The molecule has 8 atom stereocenters. The SMILES string of the molecule is COc1ccc(C#CC2(O)CC[C@@]3(C)C(CC[C@H]4[C@@H]5CC[C@H](C(C)=O)[C@@]5(C)CC[C@@H]43)C2)cc1OC. The fourth-order valence-electron chi connectivity index (χ4n) is 9.13. The van der Waals surface area contributed by atoms with E-state index < -0.39 is 5.60 Å². The number of ether oxygens (including phenoxy) is 2. The molecule has 5 rings (SSSR count). The monoisotopic (exact) mass is 478 g/mol. The summed E-state index contributed by atoms with van der Waals surface area (Å²) in [6, 6.07) is 5.66. The number of fused-ring (bicyclic) bond motifs is 5. The average Bonchev–Trinajstić information content (AvgIpc) is 3.21. The van der Waals surface area contributed by atoms with Crippen molar-refractivity contribution in [3.63, 3.8) is 0 Å². The molecule has 35 heavy (non-hydrogen) atoms. The molecule has 0 heterocycles. The number of hydrogen-bond donors (Lipinski definition) is 1. The second kappa shape index (κ2) is 8.84. The molecule has 4 aliphatic rings. The van der Waals surface area contributed by atoms with Crippen LogP contribution in [0.5, 0.6) is 11.5 Å². The van der Waals surface area contributed by atoms with Crippen molar-refractivity contribution in [3.05, 3.63) is 23.8 Å². The van der Waals surface area contributed by atoms with Gasteiger partial charge in [-0.05, 0) is 117 Å². The molecule has 0 saturated heterocycles. The first-order chi connectivity index (χ1) is 16.6. The predicted molar refractivity (Wildman–Crippen MR) is 137 cm³/mol. The molecule has 0 aromatic heterocycles. The van der Waals surface area contributed by atoms with Crippen molar-refractivity contribution in [1.29, 1.82) is 0 Å². The van der Waals surface area contributed by atoms with E-state index in [1.807, 2.05) is 25.1 Å². The van der Waals surface area contributed by atoms with E-state index in [1.165, 1.54) is 32.1 Å². The quantitative estimate of drug-likeness (QED) is 0.539. The Kier molecular flexibility index (Phi) is 6.24.